The lowest BCUT2D eigenvalue weighted by Crippen LogP contribution is -2.15. The zero-order valence-corrected chi connectivity index (χ0v) is 15.3. The molecule has 0 aliphatic carbocycles. The van der Waals surface area contributed by atoms with Crippen molar-refractivity contribution in [3.63, 3.8) is 0 Å². The molecule has 0 aliphatic heterocycles. The number of carboxylic acid groups (broad SMARTS) is 1. The Labute approximate surface area is 160 Å². The third-order valence-electron chi connectivity index (χ3n) is 3.85. The second-order valence-corrected chi connectivity index (χ2v) is 6.51. The molecule has 0 aliphatic rings. The molecule has 0 saturated carbocycles. The number of halogens is 1. The van der Waals surface area contributed by atoms with Crippen LogP contribution in [0.2, 0.25) is 5.02 Å². The number of anilines is 1. The summed E-state index contributed by atoms with van der Waals surface area (Å²) in [5, 5.41) is 20.1. The summed E-state index contributed by atoms with van der Waals surface area (Å²) in [5.74, 6) is -1.05. The number of amides is 1. The second-order valence-electron chi connectivity index (χ2n) is 6.11. The first-order valence-corrected chi connectivity index (χ1v) is 8.62. The number of carboxylic acids is 1. The summed E-state index contributed by atoms with van der Waals surface area (Å²) < 4.78 is 3.07. The van der Waals surface area contributed by atoms with Gasteiger partial charge in [-0.2, -0.15) is 10.2 Å². The molecule has 2 N–H and O–H groups in total. The van der Waals surface area contributed by atoms with Gasteiger partial charge in [-0.3, -0.25) is 14.2 Å². The monoisotopic (exact) mass is 387 g/mol. The standard InChI is InChI=1S/C18H18ClN5O3/c1-12-3-2-4-13(7-12)9-24-11-15(19)17(22-24)21-16(25)5-6-23-10-14(8-20-23)18(26)27/h2-4,7-8,10-11H,5-6,9H2,1H3,(H,26,27)(H,21,22,25). The van der Waals surface area contributed by atoms with Crippen molar-refractivity contribution in [3.8, 4) is 0 Å². The molecule has 0 fully saturated rings. The van der Waals surface area contributed by atoms with Crippen molar-refractivity contribution in [1.82, 2.24) is 19.6 Å². The van der Waals surface area contributed by atoms with Gasteiger partial charge in [0, 0.05) is 25.4 Å². The lowest BCUT2D eigenvalue weighted by atomic mass is 10.1. The number of aryl methyl sites for hydroxylation is 2. The topological polar surface area (TPSA) is 102 Å². The first-order valence-electron chi connectivity index (χ1n) is 8.25. The van der Waals surface area contributed by atoms with Gasteiger partial charge in [-0.15, -0.1) is 0 Å². The van der Waals surface area contributed by atoms with E-state index < -0.39 is 5.97 Å². The number of benzene rings is 1. The van der Waals surface area contributed by atoms with Gasteiger partial charge in [0.25, 0.3) is 0 Å². The van der Waals surface area contributed by atoms with E-state index in [1.54, 1.807) is 10.9 Å². The normalized spacial score (nSPS) is 10.7. The van der Waals surface area contributed by atoms with Crippen molar-refractivity contribution in [1.29, 1.82) is 0 Å². The van der Waals surface area contributed by atoms with Crippen LogP contribution in [0.25, 0.3) is 0 Å². The molecule has 0 bridgehead atoms. The zero-order valence-electron chi connectivity index (χ0n) is 14.6. The van der Waals surface area contributed by atoms with Crippen LogP contribution >= 0.6 is 11.6 Å². The van der Waals surface area contributed by atoms with Crippen molar-refractivity contribution in [3.05, 3.63) is 64.6 Å². The minimum atomic E-state index is -1.06. The van der Waals surface area contributed by atoms with Gasteiger partial charge in [0.1, 0.15) is 5.02 Å². The molecular weight excluding hydrogens is 370 g/mol. The van der Waals surface area contributed by atoms with Crippen molar-refractivity contribution in [2.75, 3.05) is 5.32 Å². The highest BCUT2D eigenvalue weighted by Crippen LogP contribution is 2.20. The van der Waals surface area contributed by atoms with Crippen LogP contribution < -0.4 is 5.32 Å². The first kappa shape index (κ1) is 18.7. The van der Waals surface area contributed by atoms with Gasteiger partial charge >= 0.3 is 5.97 Å². The van der Waals surface area contributed by atoms with E-state index in [4.69, 9.17) is 16.7 Å². The predicted octanol–water partition coefficient (Wildman–Crippen LogP) is 2.82. The van der Waals surface area contributed by atoms with E-state index in [1.165, 1.54) is 17.1 Å². The van der Waals surface area contributed by atoms with Crippen LogP contribution in [-0.2, 0) is 17.9 Å². The van der Waals surface area contributed by atoms with E-state index in [0.29, 0.717) is 17.4 Å². The lowest BCUT2D eigenvalue weighted by Gasteiger charge is -2.04. The Balaban J connectivity index is 1.57. The summed E-state index contributed by atoms with van der Waals surface area (Å²) in [7, 11) is 0. The highest BCUT2D eigenvalue weighted by atomic mass is 35.5. The minimum absolute atomic E-state index is 0.0772. The highest BCUT2D eigenvalue weighted by molar-refractivity contribution is 6.33. The summed E-state index contributed by atoms with van der Waals surface area (Å²) in [5.41, 5.74) is 2.32. The second kappa shape index (κ2) is 8.05. The molecular formula is C18H18ClN5O3. The molecule has 9 heteroatoms. The number of carbonyl (C=O) groups is 2. The molecule has 3 aromatic rings. The van der Waals surface area contributed by atoms with E-state index in [0.717, 1.165) is 11.1 Å². The van der Waals surface area contributed by atoms with E-state index in [-0.39, 0.29) is 24.4 Å². The van der Waals surface area contributed by atoms with Crippen molar-refractivity contribution in [2.24, 2.45) is 0 Å². The summed E-state index contributed by atoms with van der Waals surface area (Å²) in [4.78, 5) is 22.9. The van der Waals surface area contributed by atoms with Crippen LogP contribution in [0.15, 0.2) is 42.9 Å². The summed E-state index contributed by atoms with van der Waals surface area (Å²) >= 11 is 6.16. The maximum Gasteiger partial charge on any atom is 0.338 e. The average molecular weight is 388 g/mol. The Morgan fingerprint density at radius 1 is 1.26 bits per heavy atom. The fourth-order valence-corrected chi connectivity index (χ4v) is 2.76. The molecule has 1 amide bonds. The fourth-order valence-electron chi connectivity index (χ4n) is 2.57. The van der Waals surface area contributed by atoms with Crippen LogP contribution in [0.3, 0.4) is 0 Å². The molecule has 140 valence electrons. The van der Waals surface area contributed by atoms with Crippen LogP contribution in [0.1, 0.15) is 27.9 Å². The molecule has 3 rings (SSSR count). The minimum Gasteiger partial charge on any atom is -0.478 e. The Kier molecular flexibility index (Phi) is 5.56. The van der Waals surface area contributed by atoms with Crippen LogP contribution in [0, 0.1) is 6.92 Å². The Morgan fingerprint density at radius 3 is 2.78 bits per heavy atom. The number of aromatic carboxylic acids is 1. The van der Waals surface area contributed by atoms with Gasteiger partial charge in [-0.05, 0) is 12.5 Å². The number of rotatable bonds is 7. The van der Waals surface area contributed by atoms with Gasteiger partial charge in [0.2, 0.25) is 5.91 Å². The van der Waals surface area contributed by atoms with Gasteiger partial charge in [-0.1, -0.05) is 41.4 Å². The number of nitrogens with one attached hydrogen (secondary N) is 1. The summed E-state index contributed by atoms with van der Waals surface area (Å²) in [6.07, 6.45) is 4.39. The maximum absolute atomic E-state index is 12.1. The van der Waals surface area contributed by atoms with E-state index in [2.05, 4.69) is 21.6 Å². The number of nitrogens with zero attached hydrogens (tertiary/aromatic N) is 4. The van der Waals surface area contributed by atoms with E-state index in [9.17, 15) is 9.59 Å². The maximum atomic E-state index is 12.1. The first-order chi connectivity index (χ1) is 12.9. The van der Waals surface area contributed by atoms with Crippen molar-refractivity contribution < 1.29 is 14.7 Å². The average Bonchev–Trinajstić information content (AvgIpc) is 3.20. The molecule has 8 nitrogen and oxygen atoms in total. The van der Waals surface area contributed by atoms with Crippen LogP contribution in [0.5, 0.6) is 0 Å². The van der Waals surface area contributed by atoms with E-state index >= 15 is 0 Å². The molecule has 0 atom stereocenters. The van der Waals surface area contributed by atoms with Crippen molar-refractivity contribution >= 4 is 29.3 Å². The fraction of sp³-hybridized carbons (Fsp3) is 0.222. The van der Waals surface area contributed by atoms with Gasteiger partial charge < -0.3 is 10.4 Å². The Hall–Kier alpha value is -3.13. The number of hydrogen-bond acceptors (Lipinski definition) is 4. The molecule has 0 unspecified atom stereocenters. The number of carbonyl (C=O) groups excluding carboxylic acids is 1. The molecule has 0 spiro atoms. The lowest BCUT2D eigenvalue weighted by molar-refractivity contribution is -0.116. The summed E-state index contributed by atoms with van der Waals surface area (Å²) in [6.45, 7) is 2.81. The largest absolute Gasteiger partial charge is 0.478 e. The van der Waals surface area contributed by atoms with Gasteiger partial charge in [0.15, 0.2) is 5.82 Å². The van der Waals surface area contributed by atoms with Crippen LogP contribution in [-0.4, -0.2) is 36.5 Å². The van der Waals surface area contributed by atoms with Gasteiger partial charge in [0.05, 0.1) is 18.3 Å². The number of hydrogen-bond donors (Lipinski definition) is 2. The number of aromatic nitrogens is 4. The molecule has 0 saturated heterocycles. The van der Waals surface area contributed by atoms with E-state index in [1.807, 2.05) is 25.1 Å². The molecule has 27 heavy (non-hydrogen) atoms. The highest BCUT2D eigenvalue weighted by Gasteiger charge is 2.12. The molecule has 1 aromatic carbocycles. The third kappa shape index (κ3) is 4.95. The molecule has 0 radical (unpaired) electrons. The van der Waals surface area contributed by atoms with Crippen LogP contribution in [0.4, 0.5) is 5.82 Å². The predicted molar refractivity (Wildman–Crippen MR) is 100.0 cm³/mol. The van der Waals surface area contributed by atoms with Crippen molar-refractivity contribution in [2.45, 2.75) is 26.4 Å². The summed E-state index contributed by atoms with van der Waals surface area (Å²) in [6, 6.07) is 8.05. The SMILES string of the molecule is Cc1cccc(Cn2cc(Cl)c(NC(=O)CCn3cc(C(=O)O)cn3)n2)c1. The smallest absolute Gasteiger partial charge is 0.338 e. The quantitative estimate of drug-likeness (QED) is 0.649. The molecule has 2 aromatic heterocycles. The molecule has 2 heterocycles. The Bertz CT molecular complexity index is 979. The van der Waals surface area contributed by atoms with Gasteiger partial charge in [-0.25, -0.2) is 4.79 Å². The third-order valence-corrected chi connectivity index (χ3v) is 4.13. The zero-order chi connectivity index (χ0) is 19.4. The Morgan fingerprint density at radius 2 is 2.07 bits per heavy atom.